The highest BCUT2D eigenvalue weighted by Gasteiger charge is 2.26. The SMILES string of the molecule is O=C(O)c1ccc(CNc2c(N3CCOCC3)c(=O)c2=O)cc1. The lowest BCUT2D eigenvalue weighted by molar-refractivity contribution is 0.0697. The molecule has 2 N–H and O–H groups in total. The van der Waals surface area contributed by atoms with Gasteiger partial charge >= 0.3 is 5.97 Å². The number of nitrogens with one attached hydrogen (secondary N) is 1. The Balaban J connectivity index is 1.71. The van der Waals surface area contributed by atoms with Gasteiger partial charge in [-0.15, -0.1) is 0 Å². The molecule has 1 heterocycles. The van der Waals surface area contributed by atoms with Crippen molar-refractivity contribution in [2.75, 3.05) is 36.5 Å². The molecule has 0 radical (unpaired) electrons. The lowest BCUT2D eigenvalue weighted by Gasteiger charge is -2.30. The fourth-order valence-electron chi connectivity index (χ4n) is 2.59. The molecule has 1 saturated heterocycles. The molecule has 0 amide bonds. The zero-order valence-electron chi connectivity index (χ0n) is 12.4. The van der Waals surface area contributed by atoms with Crippen LogP contribution in [-0.4, -0.2) is 37.4 Å². The second-order valence-electron chi connectivity index (χ2n) is 5.34. The van der Waals surface area contributed by atoms with E-state index in [2.05, 4.69) is 5.32 Å². The van der Waals surface area contributed by atoms with E-state index in [0.717, 1.165) is 5.56 Å². The highest BCUT2D eigenvalue weighted by Crippen LogP contribution is 2.21. The van der Waals surface area contributed by atoms with Gasteiger partial charge in [0.25, 0.3) is 10.9 Å². The van der Waals surface area contributed by atoms with Crippen molar-refractivity contribution in [2.24, 2.45) is 0 Å². The topological polar surface area (TPSA) is 95.9 Å². The Bertz CT molecular complexity index is 784. The number of aromatic carboxylic acids is 1. The average Bonchev–Trinajstić information content (AvgIpc) is 2.58. The van der Waals surface area contributed by atoms with Gasteiger partial charge in [-0.3, -0.25) is 9.59 Å². The highest BCUT2D eigenvalue weighted by atomic mass is 16.5. The van der Waals surface area contributed by atoms with Gasteiger partial charge in [-0.1, -0.05) is 12.1 Å². The number of rotatable bonds is 5. The van der Waals surface area contributed by atoms with Gasteiger partial charge in [0.1, 0.15) is 11.4 Å². The smallest absolute Gasteiger partial charge is 0.335 e. The minimum Gasteiger partial charge on any atom is -0.478 e. The summed E-state index contributed by atoms with van der Waals surface area (Å²) < 4.78 is 5.25. The number of carboxylic acid groups (broad SMARTS) is 1. The van der Waals surface area contributed by atoms with Gasteiger partial charge in [0.15, 0.2) is 0 Å². The molecule has 7 nitrogen and oxygen atoms in total. The molecule has 0 atom stereocenters. The molecule has 1 aliphatic rings. The summed E-state index contributed by atoms with van der Waals surface area (Å²) in [6, 6.07) is 6.36. The number of benzene rings is 1. The van der Waals surface area contributed by atoms with E-state index < -0.39 is 16.8 Å². The first-order valence-corrected chi connectivity index (χ1v) is 7.30. The molecule has 2 aromatic rings. The fourth-order valence-corrected chi connectivity index (χ4v) is 2.59. The minimum absolute atomic E-state index is 0.205. The molecule has 0 aromatic heterocycles. The summed E-state index contributed by atoms with van der Waals surface area (Å²) in [6.45, 7) is 2.60. The van der Waals surface area contributed by atoms with Crippen LogP contribution in [0.15, 0.2) is 33.9 Å². The summed E-state index contributed by atoms with van der Waals surface area (Å²) in [7, 11) is 0. The largest absolute Gasteiger partial charge is 0.478 e. The zero-order valence-corrected chi connectivity index (χ0v) is 12.4. The van der Waals surface area contributed by atoms with Crippen molar-refractivity contribution in [3.8, 4) is 0 Å². The van der Waals surface area contributed by atoms with Gasteiger partial charge < -0.3 is 20.1 Å². The molecule has 7 heteroatoms. The predicted octanol–water partition coefficient (Wildman–Crippen LogP) is 0.429. The molecule has 2 aromatic carbocycles. The normalized spacial score (nSPS) is 14.9. The number of carboxylic acids is 1. The van der Waals surface area contributed by atoms with E-state index in [1.807, 2.05) is 4.90 Å². The molecule has 3 rings (SSSR count). The first kappa shape index (κ1) is 15.2. The fraction of sp³-hybridized carbons (Fsp3) is 0.312. The van der Waals surface area contributed by atoms with E-state index in [1.54, 1.807) is 12.1 Å². The Hall–Kier alpha value is -2.67. The van der Waals surface area contributed by atoms with Crippen molar-refractivity contribution in [1.29, 1.82) is 0 Å². The summed E-state index contributed by atoms with van der Waals surface area (Å²) in [4.78, 5) is 36.3. The summed E-state index contributed by atoms with van der Waals surface area (Å²) in [5.41, 5.74) is 0.830. The van der Waals surface area contributed by atoms with Crippen LogP contribution in [0.5, 0.6) is 0 Å². The van der Waals surface area contributed by atoms with Gasteiger partial charge in [0, 0.05) is 19.6 Å². The molecular formula is C16H16N2O5. The number of hydrogen-bond acceptors (Lipinski definition) is 6. The molecule has 1 fully saturated rings. The Morgan fingerprint density at radius 1 is 1.13 bits per heavy atom. The summed E-state index contributed by atoms with van der Waals surface area (Å²) in [5.74, 6) is -0.985. The lowest BCUT2D eigenvalue weighted by atomic mass is 10.1. The molecule has 0 saturated carbocycles. The van der Waals surface area contributed by atoms with E-state index in [9.17, 15) is 14.4 Å². The number of ether oxygens (including phenoxy) is 1. The van der Waals surface area contributed by atoms with Crippen molar-refractivity contribution in [1.82, 2.24) is 0 Å². The van der Waals surface area contributed by atoms with E-state index in [1.165, 1.54) is 12.1 Å². The predicted molar refractivity (Wildman–Crippen MR) is 85.1 cm³/mol. The average molecular weight is 316 g/mol. The summed E-state index contributed by atoms with van der Waals surface area (Å²) in [6.07, 6.45) is 0. The van der Waals surface area contributed by atoms with Crippen LogP contribution in [0, 0.1) is 0 Å². The van der Waals surface area contributed by atoms with Crippen LogP contribution in [0.3, 0.4) is 0 Å². The van der Waals surface area contributed by atoms with Gasteiger partial charge in [0.2, 0.25) is 0 Å². The number of anilines is 2. The molecule has 23 heavy (non-hydrogen) atoms. The third-order valence-electron chi connectivity index (χ3n) is 3.88. The van der Waals surface area contributed by atoms with Crippen LogP contribution in [0.2, 0.25) is 0 Å². The second-order valence-corrected chi connectivity index (χ2v) is 5.34. The van der Waals surface area contributed by atoms with Crippen LogP contribution in [0.1, 0.15) is 15.9 Å². The van der Waals surface area contributed by atoms with Crippen LogP contribution in [-0.2, 0) is 11.3 Å². The summed E-state index contributed by atoms with van der Waals surface area (Å²) >= 11 is 0. The molecule has 0 aliphatic carbocycles. The Labute approximate surface area is 131 Å². The molecule has 1 aliphatic heterocycles. The van der Waals surface area contributed by atoms with Crippen molar-refractivity contribution in [3.05, 3.63) is 55.8 Å². The monoisotopic (exact) mass is 316 g/mol. The first-order valence-electron chi connectivity index (χ1n) is 7.30. The number of carbonyl (C=O) groups is 1. The number of nitrogens with zero attached hydrogens (tertiary/aromatic N) is 1. The maximum absolute atomic E-state index is 11.8. The van der Waals surface area contributed by atoms with Gasteiger partial charge in [-0.2, -0.15) is 0 Å². The van der Waals surface area contributed by atoms with Gasteiger partial charge in [-0.25, -0.2) is 4.79 Å². The molecule has 0 bridgehead atoms. The van der Waals surface area contributed by atoms with Crippen LogP contribution in [0.4, 0.5) is 11.4 Å². The second kappa shape index (κ2) is 6.21. The van der Waals surface area contributed by atoms with Crippen LogP contribution < -0.4 is 21.1 Å². The third-order valence-corrected chi connectivity index (χ3v) is 3.88. The van der Waals surface area contributed by atoms with Crippen molar-refractivity contribution >= 4 is 17.3 Å². The number of hydrogen-bond donors (Lipinski definition) is 2. The Kier molecular flexibility index (Phi) is 4.12. The number of morpholine rings is 1. The Morgan fingerprint density at radius 2 is 1.78 bits per heavy atom. The van der Waals surface area contributed by atoms with Crippen molar-refractivity contribution in [2.45, 2.75) is 6.54 Å². The third kappa shape index (κ3) is 2.95. The Morgan fingerprint density at radius 3 is 2.39 bits per heavy atom. The summed E-state index contributed by atoms with van der Waals surface area (Å²) in [5, 5.41) is 11.9. The van der Waals surface area contributed by atoms with Crippen molar-refractivity contribution < 1.29 is 14.6 Å². The van der Waals surface area contributed by atoms with Gasteiger partial charge in [-0.05, 0) is 17.7 Å². The molecule has 120 valence electrons. The van der Waals surface area contributed by atoms with E-state index in [0.29, 0.717) is 44.2 Å². The van der Waals surface area contributed by atoms with E-state index in [4.69, 9.17) is 9.84 Å². The first-order chi connectivity index (χ1) is 11.1. The van der Waals surface area contributed by atoms with E-state index in [-0.39, 0.29) is 5.56 Å². The molecule has 0 spiro atoms. The minimum atomic E-state index is -0.985. The van der Waals surface area contributed by atoms with Crippen LogP contribution >= 0.6 is 0 Å². The maximum Gasteiger partial charge on any atom is 0.335 e. The van der Waals surface area contributed by atoms with Crippen LogP contribution in [0.25, 0.3) is 0 Å². The quantitative estimate of drug-likeness (QED) is 0.772. The lowest BCUT2D eigenvalue weighted by Crippen LogP contribution is -2.46. The van der Waals surface area contributed by atoms with E-state index >= 15 is 0 Å². The molecule has 0 unspecified atom stereocenters. The maximum atomic E-state index is 11.8. The highest BCUT2D eigenvalue weighted by molar-refractivity contribution is 5.87. The standard InChI is InChI=1S/C16H16N2O5/c19-14-12(13(15(14)20)18-5-7-23-8-6-18)17-9-10-1-3-11(4-2-10)16(21)22/h1-4,17H,5-9H2,(H,21,22). The molecular weight excluding hydrogens is 300 g/mol. The van der Waals surface area contributed by atoms with Gasteiger partial charge in [0.05, 0.1) is 18.8 Å². The zero-order chi connectivity index (χ0) is 16.4. The van der Waals surface area contributed by atoms with Crippen molar-refractivity contribution in [3.63, 3.8) is 0 Å².